The zero-order valence-corrected chi connectivity index (χ0v) is 11.3. The van der Waals surface area contributed by atoms with Crippen LogP contribution >= 0.6 is 15.9 Å². The summed E-state index contributed by atoms with van der Waals surface area (Å²) in [6, 6.07) is 6.32. The molecule has 17 heavy (non-hydrogen) atoms. The number of nitrogens with two attached hydrogens (primary N) is 1. The standard InChI is InChI=1S/C12H15BrN4/c1-2-11(14)5-9-3-4-10(13)6-12(9)17-8-15-7-16-17/h3-4,6-8,11H,2,5,14H2,1H3. The van der Waals surface area contributed by atoms with E-state index in [1.807, 2.05) is 12.1 Å². The van der Waals surface area contributed by atoms with E-state index in [2.05, 4.69) is 39.0 Å². The van der Waals surface area contributed by atoms with Gasteiger partial charge in [0, 0.05) is 10.5 Å². The Balaban J connectivity index is 2.38. The van der Waals surface area contributed by atoms with Crippen LogP contribution in [0.25, 0.3) is 5.69 Å². The van der Waals surface area contributed by atoms with Crippen LogP contribution in [0, 0.1) is 0 Å². The van der Waals surface area contributed by atoms with Crippen molar-refractivity contribution >= 4 is 15.9 Å². The number of aromatic nitrogens is 3. The number of hydrogen-bond acceptors (Lipinski definition) is 3. The molecule has 0 aliphatic rings. The lowest BCUT2D eigenvalue weighted by Gasteiger charge is -2.13. The Labute approximate surface area is 109 Å². The van der Waals surface area contributed by atoms with Gasteiger partial charge in [-0.1, -0.05) is 28.9 Å². The molecule has 0 bridgehead atoms. The summed E-state index contributed by atoms with van der Waals surface area (Å²) in [7, 11) is 0. The molecule has 1 unspecified atom stereocenters. The predicted octanol–water partition coefficient (Wildman–Crippen LogP) is 2.31. The Bertz CT molecular complexity index is 481. The molecule has 1 atom stereocenters. The highest BCUT2D eigenvalue weighted by Gasteiger charge is 2.09. The molecule has 0 radical (unpaired) electrons. The van der Waals surface area contributed by atoms with Gasteiger partial charge in [0.05, 0.1) is 5.69 Å². The maximum Gasteiger partial charge on any atom is 0.138 e. The summed E-state index contributed by atoms with van der Waals surface area (Å²) in [6.45, 7) is 2.10. The lowest BCUT2D eigenvalue weighted by atomic mass is 10.0. The summed E-state index contributed by atoms with van der Waals surface area (Å²) in [6.07, 6.45) is 5.04. The quantitative estimate of drug-likeness (QED) is 0.941. The number of hydrogen-bond donors (Lipinski definition) is 1. The molecule has 0 saturated carbocycles. The van der Waals surface area contributed by atoms with Crippen molar-refractivity contribution in [2.75, 3.05) is 0 Å². The van der Waals surface area contributed by atoms with E-state index in [1.165, 1.54) is 11.9 Å². The van der Waals surface area contributed by atoms with Crippen LogP contribution in [-0.2, 0) is 6.42 Å². The molecule has 0 spiro atoms. The minimum absolute atomic E-state index is 0.179. The summed E-state index contributed by atoms with van der Waals surface area (Å²) in [5, 5.41) is 4.17. The normalized spacial score (nSPS) is 12.6. The van der Waals surface area contributed by atoms with Crippen molar-refractivity contribution in [2.45, 2.75) is 25.8 Å². The maximum absolute atomic E-state index is 6.01. The van der Waals surface area contributed by atoms with Gasteiger partial charge < -0.3 is 5.73 Å². The Kier molecular flexibility index (Phi) is 3.91. The van der Waals surface area contributed by atoms with Gasteiger partial charge in [0.1, 0.15) is 12.7 Å². The second-order valence-corrected chi connectivity index (χ2v) is 4.90. The minimum atomic E-state index is 0.179. The molecular weight excluding hydrogens is 280 g/mol. The van der Waals surface area contributed by atoms with Crippen molar-refractivity contribution < 1.29 is 0 Å². The van der Waals surface area contributed by atoms with Gasteiger partial charge in [0.25, 0.3) is 0 Å². The Morgan fingerprint density at radius 1 is 1.47 bits per heavy atom. The Morgan fingerprint density at radius 3 is 2.94 bits per heavy atom. The number of rotatable bonds is 4. The Hall–Kier alpha value is -1.20. The van der Waals surface area contributed by atoms with Gasteiger partial charge in [-0.15, -0.1) is 0 Å². The van der Waals surface area contributed by atoms with E-state index in [1.54, 1.807) is 11.0 Å². The lowest BCUT2D eigenvalue weighted by molar-refractivity contribution is 0.642. The summed E-state index contributed by atoms with van der Waals surface area (Å²) in [4.78, 5) is 3.97. The monoisotopic (exact) mass is 294 g/mol. The molecule has 0 amide bonds. The van der Waals surface area contributed by atoms with Gasteiger partial charge in [0.2, 0.25) is 0 Å². The second-order valence-electron chi connectivity index (χ2n) is 3.99. The van der Waals surface area contributed by atoms with Crippen molar-refractivity contribution in [3.63, 3.8) is 0 Å². The van der Waals surface area contributed by atoms with Crippen molar-refractivity contribution in [3.8, 4) is 5.69 Å². The average Bonchev–Trinajstić information content (AvgIpc) is 2.84. The fraction of sp³-hybridized carbons (Fsp3) is 0.333. The van der Waals surface area contributed by atoms with Crippen molar-refractivity contribution in [1.82, 2.24) is 14.8 Å². The first-order valence-corrected chi connectivity index (χ1v) is 6.39. The number of benzene rings is 1. The second kappa shape index (κ2) is 5.42. The molecule has 2 rings (SSSR count). The van der Waals surface area contributed by atoms with Gasteiger partial charge in [-0.3, -0.25) is 0 Å². The average molecular weight is 295 g/mol. The van der Waals surface area contributed by atoms with E-state index >= 15 is 0 Å². The SMILES string of the molecule is CCC(N)Cc1ccc(Br)cc1-n1cncn1. The third-order valence-electron chi connectivity index (χ3n) is 2.72. The molecular formula is C12H15BrN4. The highest BCUT2D eigenvalue weighted by Crippen LogP contribution is 2.21. The molecule has 1 aromatic heterocycles. The van der Waals surface area contributed by atoms with E-state index in [-0.39, 0.29) is 6.04 Å². The lowest BCUT2D eigenvalue weighted by Crippen LogP contribution is -2.22. The van der Waals surface area contributed by atoms with E-state index in [0.717, 1.165) is 23.0 Å². The van der Waals surface area contributed by atoms with Crippen LogP contribution in [0.5, 0.6) is 0 Å². The zero-order chi connectivity index (χ0) is 12.3. The molecule has 0 aliphatic carbocycles. The fourth-order valence-corrected chi connectivity index (χ4v) is 2.03. The molecule has 0 saturated heterocycles. The van der Waals surface area contributed by atoms with Gasteiger partial charge in [0.15, 0.2) is 0 Å². The Morgan fingerprint density at radius 2 is 2.29 bits per heavy atom. The van der Waals surface area contributed by atoms with E-state index in [0.29, 0.717) is 0 Å². The molecule has 2 aromatic rings. The molecule has 90 valence electrons. The molecule has 1 aromatic carbocycles. The van der Waals surface area contributed by atoms with Gasteiger partial charge in [-0.25, -0.2) is 9.67 Å². The predicted molar refractivity (Wildman–Crippen MR) is 71.0 cm³/mol. The number of halogens is 1. The molecule has 5 heteroatoms. The van der Waals surface area contributed by atoms with Crippen LogP contribution in [0.4, 0.5) is 0 Å². The third kappa shape index (κ3) is 2.92. The zero-order valence-electron chi connectivity index (χ0n) is 9.68. The maximum atomic E-state index is 6.01. The van der Waals surface area contributed by atoms with Crippen LogP contribution in [-0.4, -0.2) is 20.8 Å². The van der Waals surface area contributed by atoms with E-state index in [9.17, 15) is 0 Å². The van der Waals surface area contributed by atoms with Crippen LogP contribution in [0.2, 0.25) is 0 Å². The number of nitrogens with zero attached hydrogens (tertiary/aromatic N) is 3. The van der Waals surface area contributed by atoms with E-state index in [4.69, 9.17) is 5.73 Å². The van der Waals surface area contributed by atoms with Crippen LogP contribution < -0.4 is 5.73 Å². The summed E-state index contributed by atoms with van der Waals surface area (Å²) < 4.78 is 2.79. The summed E-state index contributed by atoms with van der Waals surface area (Å²) >= 11 is 3.47. The first-order valence-electron chi connectivity index (χ1n) is 5.59. The topological polar surface area (TPSA) is 56.7 Å². The third-order valence-corrected chi connectivity index (χ3v) is 3.21. The highest BCUT2D eigenvalue weighted by atomic mass is 79.9. The van der Waals surface area contributed by atoms with Crippen LogP contribution in [0.3, 0.4) is 0 Å². The molecule has 0 aliphatic heterocycles. The molecule has 0 fully saturated rings. The molecule has 4 nitrogen and oxygen atoms in total. The molecule has 1 heterocycles. The van der Waals surface area contributed by atoms with Crippen molar-refractivity contribution in [1.29, 1.82) is 0 Å². The van der Waals surface area contributed by atoms with Crippen molar-refractivity contribution in [2.24, 2.45) is 5.73 Å². The first-order chi connectivity index (χ1) is 8.20. The first kappa shape index (κ1) is 12.3. The van der Waals surface area contributed by atoms with Gasteiger partial charge in [-0.05, 0) is 30.5 Å². The summed E-state index contributed by atoms with van der Waals surface area (Å²) in [5.74, 6) is 0. The van der Waals surface area contributed by atoms with Crippen LogP contribution in [0.1, 0.15) is 18.9 Å². The van der Waals surface area contributed by atoms with Crippen molar-refractivity contribution in [3.05, 3.63) is 40.9 Å². The van der Waals surface area contributed by atoms with E-state index < -0.39 is 0 Å². The largest absolute Gasteiger partial charge is 0.327 e. The highest BCUT2D eigenvalue weighted by molar-refractivity contribution is 9.10. The fourth-order valence-electron chi connectivity index (χ4n) is 1.68. The minimum Gasteiger partial charge on any atom is -0.327 e. The smallest absolute Gasteiger partial charge is 0.138 e. The van der Waals surface area contributed by atoms with Gasteiger partial charge >= 0.3 is 0 Å². The molecule has 2 N–H and O–H groups in total. The van der Waals surface area contributed by atoms with Crippen LogP contribution in [0.15, 0.2) is 35.3 Å². The van der Waals surface area contributed by atoms with Gasteiger partial charge in [-0.2, -0.15) is 5.10 Å². The summed E-state index contributed by atoms with van der Waals surface area (Å²) in [5.41, 5.74) is 8.22.